The van der Waals surface area contributed by atoms with Crippen LogP contribution in [0, 0.1) is 0 Å². The van der Waals surface area contributed by atoms with E-state index in [0.29, 0.717) is 0 Å². The molecule has 1 atom stereocenters. The van der Waals surface area contributed by atoms with Crippen molar-refractivity contribution in [1.82, 2.24) is 25.3 Å². The third kappa shape index (κ3) is 2.88. The van der Waals surface area contributed by atoms with E-state index in [9.17, 15) is 8.42 Å². The molecule has 0 aliphatic heterocycles. The Labute approximate surface area is 110 Å². The zero-order valence-electron chi connectivity index (χ0n) is 10.4. The molecule has 1 aromatic heterocycles. The molecule has 0 aliphatic rings. The minimum Gasteiger partial charge on any atom is -0.495 e. The lowest BCUT2D eigenvalue weighted by Gasteiger charge is -2.13. The van der Waals surface area contributed by atoms with Crippen molar-refractivity contribution in [2.24, 2.45) is 0 Å². The van der Waals surface area contributed by atoms with Gasteiger partial charge in [-0.3, -0.25) is 0 Å². The molecule has 0 bridgehead atoms. The van der Waals surface area contributed by atoms with E-state index >= 15 is 0 Å². The maximum atomic E-state index is 12.2. The van der Waals surface area contributed by atoms with Gasteiger partial charge in [0.15, 0.2) is 5.82 Å². The van der Waals surface area contributed by atoms with E-state index in [1.165, 1.54) is 13.2 Å². The molecule has 1 heterocycles. The molecule has 0 radical (unpaired) electrons. The lowest BCUT2D eigenvalue weighted by atomic mass is 10.3. The number of sulfonamides is 1. The first kappa shape index (κ1) is 13.4. The van der Waals surface area contributed by atoms with E-state index in [0.717, 1.165) is 0 Å². The number of nitrogens with one attached hydrogen (secondary N) is 2. The van der Waals surface area contributed by atoms with Crippen LogP contribution in [0.5, 0.6) is 5.75 Å². The monoisotopic (exact) mass is 283 g/mol. The van der Waals surface area contributed by atoms with Crippen LogP contribution in [0.2, 0.25) is 0 Å². The fraction of sp³-hybridized carbons (Fsp3) is 0.300. The highest BCUT2D eigenvalue weighted by atomic mass is 32.2. The van der Waals surface area contributed by atoms with E-state index in [1.807, 2.05) is 0 Å². The van der Waals surface area contributed by atoms with Gasteiger partial charge >= 0.3 is 0 Å². The SMILES string of the molecule is COc1ccccc1S(=O)(=O)NC(C)c1nn[nH]n1. The number of aromatic nitrogens is 4. The Bertz CT molecular complexity index is 641. The van der Waals surface area contributed by atoms with Gasteiger partial charge < -0.3 is 4.74 Å². The molecule has 2 N–H and O–H groups in total. The fourth-order valence-electron chi connectivity index (χ4n) is 1.54. The highest BCUT2D eigenvalue weighted by Crippen LogP contribution is 2.23. The number of aromatic amines is 1. The van der Waals surface area contributed by atoms with Crippen molar-refractivity contribution < 1.29 is 13.2 Å². The zero-order valence-corrected chi connectivity index (χ0v) is 11.2. The van der Waals surface area contributed by atoms with E-state index in [-0.39, 0.29) is 16.5 Å². The molecular weight excluding hydrogens is 270 g/mol. The van der Waals surface area contributed by atoms with Gasteiger partial charge in [-0.15, -0.1) is 10.2 Å². The Morgan fingerprint density at radius 2 is 2.11 bits per heavy atom. The molecule has 9 heteroatoms. The normalized spacial score (nSPS) is 13.2. The van der Waals surface area contributed by atoms with E-state index in [1.54, 1.807) is 25.1 Å². The number of ether oxygens (including phenoxy) is 1. The first-order chi connectivity index (χ1) is 9.04. The molecule has 2 rings (SSSR count). The second-order valence-electron chi connectivity index (χ2n) is 3.76. The topological polar surface area (TPSA) is 110 Å². The smallest absolute Gasteiger partial charge is 0.244 e. The van der Waals surface area contributed by atoms with Gasteiger partial charge in [-0.05, 0) is 19.1 Å². The number of benzene rings is 1. The molecule has 1 aromatic carbocycles. The first-order valence-electron chi connectivity index (χ1n) is 5.43. The average Bonchev–Trinajstić information content (AvgIpc) is 2.92. The van der Waals surface area contributed by atoms with Crippen molar-refractivity contribution in [3.05, 3.63) is 30.1 Å². The Morgan fingerprint density at radius 1 is 1.37 bits per heavy atom. The van der Waals surface area contributed by atoms with Crippen LogP contribution >= 0.6 is 0 Å². The van der Waals surface area contributed by atoms with Gasteiger partial charge in [0, 0.05) is 0 Å². The van der Waals surface area contributed by atoms with Crippen molar-refractivity contribution in [2.45, 2.75) is 17.9 Å². The number of H-pyrrole nitrogens is 1. The van der Waals surface area contributed by atoms with Crippen LogP contribution in [-0.2, 0) is 10.0 Å². The Morgan fingerprint density at radius 3 is 2.74 bits per heavy atom. The van der Waals surface area contributed by atoms with Gasteiger partial charge in [0.05, 0.1) is 13.2 Å². The summed E-state index contributed by atoms with van der Waals surface area (Å²) in [5.41, 5.74) is 0. The molecule has 19 heavy (non-hydrogen) atoms. The zero-order chi connectivity index (χ0) is 13.9. The van der Waals surface area contributed by atoms with Crippen LogP contribution in [0.1, 0.15) is 18.8 Å². The summed E-state index contributed by atoms with van der Waals surface area (Å²) in [6.45, 7) is 1.62. The van der Waals surface area contributed by atoms with E-state index < -0.39 is 16.1 Å². The molecule has 0 saturated carbocycles. The molecule has 2 aromatic rings. The van der Waals surface area contributed by atoms with Crippen molar-refractivity contribution in [3.63, 3.8) is 0 Å². The van der Waals surface area contributed by atoms with E-state index in [4.69, 9.17) is 4.74 Å². The van der Waals surface area contributed by atoms with Crippen molar-refractivity contribution >= 4 is 10.0 Å². The molecule has 0 fully saturated rings. The first-order valence-corrected chi connectivity index (χ1v) is 6.91. The summed E-state index contributed by atoms with van der Waals surface area (Å²) in [5.74, 6) is 0.536. The van der Waals surface area contributed by atoms with Crippen LogP contribution in [0.4, 0.5) is 0 Å². The Hall–Kier alpha value is -2.00. The van der Waals surface area contributed by atoms with Gasteiger partial charge in [-0.2, -0.15) is 5.21 Å². The summed E-state index contributed by atoms with van der Waals surface area (Å²) in [6, 6.07) is 5.75. The number of rotatable bonds is 5. The summed E-state index contributed by atoms with van der Waals surface area (Å²) < 4.78 is 32.0. The van der Waals surface area contributed by atoms with Crippen molar-refractivity contribution in [2.75, 3.05) is 7.11 Å². The summed E-state index contributed by atoms with van der Waals surface area (Å²) >= 11 is 0. The number of methoxy groups -OCH3 is 1. The molecule has 0 aliphatic carbocycles. The molecule has 1 unspecified atom stereocenters. The van der Waals surface area contributed by atoms with Crippen LogP contribution < -0.4 is 9.46 Å². The molecule has 0 amide bonds. The van der Waals surface area contributed by atoms with Gasteiger partial charge in [0.2, 0.25) is 10.0 Å². The summed E-state index contributed by atoms with van der Waals surface area (Å²) in [7, 11) is -2.31. The molecule has 102 valence electrons. The van der Waals surface area contributed by atoms with Gasteiger partial charge in [0.25, 0.3) is 0 Å². The maximum Gasteiger partial charge on any atom is 0.244 e. The summed E-state index contributed by atoms with van der Waals surface area (Å²) in [6.07, 6.45) is 0. The quantitative estimate of drug-likeness (QED) is 0.813. The number of hydrogen-bond donors (Lipinski definition) is 2. The van der Waals surface area contributed by atoms with Crippen molar-refractivity contribution in [1.29, 1.82) is 0 Å². The predicted octanol–water partition coefficient (Wildman–Crippen LogP) is 0.248. The second kappa shape index (κ2) is 5.33. The number of nitrogens with zero attached hydrogens (tertiary/aromatic N) is 3. The third-order valence-corrected chi connectivity index (χ3v) is 4.02. The molecule has 0 saturated heterocycles. The minimum absolute atomic E-state index is 0.0628. The van der Waals surface area contributed by atoms with Gasteiger partial charge in [-0.25, -0.2) is 13.1 Å². The molecule has 8 nitrogen and oxygen atoms in total. The van der Waals surface area contributed by atoms with Crippen LogP contribution in [0.25, 0.3) is 0 Å². The maximum absolute atomic E-state index is 12.2. The largest absolute Gasteiger partial charge is 0.495 e. The second-order valence-corrected chi connectivity index (χ2v) is 5.45. The predicted molar refractivity (Wildman–Crippen MR) is 65.9 cm³/mol. The van der Waals surface area contributed by atoms with Crippen LogP contribution in [0.3, 0.4) is 0 Å². The molecular formula is C10H13N5O3S. The van der Waals surface area contributed by atoms with Gasteiger partial charge in [-0.1, -0.05) is 17.3 Å². The number of hydrogen-bond acceptors (Lipinski definition) is 6. The number of tetrazole rings is 1. The third-order valence-electron chi connectivity index (χ3n) is 2.44. The van der Waals surface area contributed by atoms with Crippen molar-refractivity contribution in [3.8, 4) is 5.75 Å². The highest BCUT2D eigenvalue weighted by Gasteiger charge is 2.23. The van der Waals surface area contributed by atoms with Crippen LogP contribution in [0.15, 0.2) is 29.2 Å². The Kier molecular flexibility index (Phi) is 3.76. The molecule has 0 spiro atoms. The lowest BCUT2D eigenvalue weighted by molar-refractivity contribution is 0.402. The highest BCUT2D eigenvalue weighted by molar-refractivity contribution is 7.89. The standard InChI is InChI=1S/C10H13N5O3S/c1-7(10-11-14-15-12-10)13-19(16,17)9-6-4-3-5-8(9)18-2/h3-7,13H,1-2H3,(H,11,12,14,15). The minimum atomic E-state index is -3.72. The number of para-hydroxylation sites is 1. The summed E-state index contributed by atoms with van der Waals surface area (Å²) in [5, 5.41) is 13.1. The fourth-order valence-corrected chi connectivity index (χ4v) is 2.91. The van der Waals surface area contributed by atoms with Gasteiger partial charge in [0.1, 0.15) is 10.6 Å². The lowest BCUT2D eigenvalue weighted by Crippen LogP contribution is -2.28. The van der Waals surface area contributed by atoms with E-state index in [2.05, 4.69) is 25.3 Å². The van der Waals surface area contributed by atoms with Crippen LogP contribution in [-0.4, -0.2) is 36.2 Å². The average molecular weight is 283 g/mol. The summed E-state index contributed by atoms with van der Waals surface area (Å²) in [4.78, 5) is 0.0628. The Balaban J connectivity index is 2.28.